The summed E-state index contributed by atoms with van der Waals surface area (Å²) in [6.45, 7) is 6.84. The summed E-state index contributed by atoms with van der Waals surface area (Å²) in [7, 11) is 0. The summed E-state index contributed by atoms with van der Waals surface area (Å²) < 4.78 is 10.4. The van der Waals surface area contributed by atoms with Crippen molar-refractivity contribution in [2.45, 2.75) is 39.7 Å². The maximum absolute atomic E-state index is 11.4. The normalized spacial score (nSPS) is 25.8. The van der Waals surface area contributed by atoms with E-state index in [0.29, 0.717) is 13.2 Å². The smallest absolute Gasteiger partial charge is 0.333 e. The van der Waals surface area contributed by atoms with E-state index in [4.69, 9.17) is 9.47 Å². The highest BCUT2D eigenvalue weighted by molar-refractivity contribution is 5.88. The average molecular weight is 198 g/mol. The average Bonchev–Trinajstić information content (AvgIpc) is 2.17. The lowest BCUT2D eigenvalue weighted by Crippen LogP contribution is -2.20. The molecule has 0 aromatic heterocycles. The molecular weight excluding hydrogens is 180 g/mol. The lowest BCUT2D eigenvalue weighted by molar-refractivity contribution is -0.138. The topological polar surface area (TPSA) is 35.5 Å². The standard InChI is InChI=1S/C11H18O3/c1-4-13-11(12)9(3)10-5-6-14-8(2)7-10/h8H,4-7H2,1-3H3. The molecule has 0 aliphatic carbocycles. The number of ether oxygens (including phenoxy) is 2. The first-order valence-corrected chi connectivity index (χ1v) is 5.12. The Balaban J connectivity index is 2.66. The van der Waals surface area contributed by atoms with E-state index < -0.39 is 0 Å². The van der Waals surface area contributed by atoms with E-state index in [-0.39, 0.29) is 12.1 Å². The second kappa shape index (κ2) is 5.15. The van der Waals surface area contributed by atoms with Crippen molar-refractivity contribution in [3.05, 3.63) is 11.1 Å². The van der Waals surface area contributed by atoms with Gasteiger partial charge in [-0.1, -0.05) is 5.57 Å². The minimum Gasteiger partial charge on any atom is -0.463 e. The summed E-state index contributed by atoms with van der Waals surface area (Å²) in [5.41, 5.74) is 1.95. The van der Waals surface area contributed by atoms with E-state index in [1.807, 2.05) is 20.8 Å². The van der Waals surface area contributed by atoms with E-state index in [0.717, 1.165) is 18.4 Å². The molecule has 1 saturated heterocycles. The third kappa shape index (κ3) is 2.84. The molecule has 1 heterocycles. The molecule has 0 aromatic carbocycles. The Labute approximate surface area is 85.1 Å². The molecule has 0 aromatic rings. The van der Waals surface area contributed by atoms with E-state index in [2.05, 4.69) is 0 Å². The Morgan fingerprint density at radius 2 is 2.36 bits per heavy atom. The van der Waals surface area contributed by atoms with Crippen LogP contribution in [0.25, 0.3) is 0 Å². The van der Waals surface area contributed by atoms with Crippen molar-refractivity contribution in [3.8, 4) is 0 Å². The highest BCUT2D eigenvalue weighted by atomic mass is 16.5. The first-order chi connectivity index (χ1) is 6.65. The van der Waals surface area contributed by atoms with Crippen LogP contribution < -0.4 is 0 Å². The van der Waals surface area contributed by atoms with Crippen molar-refractivity contribution in [2.75, 3.05) is 13.2 Å². The molecule has 0 saturated carbocycles. The van der Waals surface area contributed by atoms with Gasteiger partial charge in [-0.25, -0.2) is 4.79 Å². The zero-order valence-corrected chi connectivity index (χ0v) is 9.13. The summed E-state index contributed by atoms with van der Waals surface area (Å²) in [4.78, 5) is 11.4. The van der Waals surface area contributed by atoms with E-state index in [1.165, 1.54) is 5.57 Å². The summed E-state index contributed by atoms with van der Waals surface area (Å²) in [5, 5.41) is 0. The van der Waals surface area contributed by atoms with Crippen molar-refractivity contribution in [2.24, 2.45) is 0 Å². The fourth-order valence-electron chi connectivity index (χ4n) is 1.62. The van der Waals surface area contributed by atoms with Gasteiger partial charge >= 0.3 is 5.97 Å². The van der Waals surface area contributed by atoms with Gasteiger partial charge in [0.1, 0.15) is 0 Å². The highest BCUT2D eigenvalue weighted by Crippen LogP contribution is 2.22. The van der Waals surface area contributed by atoms with Crippen molar-refractivity contribution in [1.82, 2.24) is 0 Å². The van der Waals surface area contributed by atoms with Crippen LogP contribution in [0.2, 0.25) is 0 Å². The Bertz CT molecular complexity index is 243. The number of carbonyl (C=O) groups excluding carboxylic acids is 1. The van der Waals surface area contributed by atoms with Crippen molar-refractivity contribution in [3.63, 3.8) is 0 Å². The Kier molecular flexibility index (Phi) is 4.14. The number of esters is 1. The molecule has 80 valence electrons. The number of hydrogen-bond donors (Lipinski definition) is 0. The number of carbonyl (C=O) groups is 1. The fourth-order valence-corrected chi connectivity index (χ4v) is 1.62. The number of rotatable bonds is 2. The lowest BCUT2D eigenvalue weighted by Gasteiger charge is -2.23. The van der Waals surface area contributed by atoms with E-state index in [9.17, 15) is 4.79 Å². The van der Waals surface area contributed by atoms with E-state index in [1.54, 1.807) is 0 Å². The van der Waals surface area contributed by atoms with Gasteiger partial charge in [0.05, 0.1) is 19.3 Å². The highest BCUT2D eigenvalue weighted by Gasteiger charge is 2.18. The van der Waals surface area contributed by atoms with Crippen LogP contribution in [0.15, 0.2) is 11.1 Å². The second-order valence-electron chi connectivity index (χ2n) is 3.58. The zero-order chi connectivity index (χ0) is 10.6. The molecule has 1 unspecified atom stereocenters. The summed E-state index contributed by atoms with van der Waals surface area (Å²) in [6.07, 6.45) is 1.93. The van der Waals surface area contributed by atoms with Crippen LogP contribution >= 0.6 is 0 Å². The van der Waals surface area contributed by atoms with Gasteiger partial charge < -0.3 is 9.47 Å². The summed E-state index contributed by atoms with van der Waals surface area (Å²) >= 11 is 0. The van der Waals surface area contributed by atoms with Crippen LogP contribution in [-0.2, 0) is 14.3 Å². The van der Waals surface area contributed by atoms with Crippen LogP contribution in [0.1, 0.15) is 33.6 Å². The van der Waals surface area contributed by atoms with Gasteiger partial charge in [-0.15, -0.1) is 0 Å². The molecule has 1 aliphatic heterocycles. The van der Waals surface area contributed by atoms with Crippen LogP contribution in [0.4, 0.5) is 0 Å². The largest absolute Gasteiger partial charge is 0.463 e. The molecule has 0 spiro atoms. The van der Waals surface area contributed by atoms with Gasteiger partial charge in [0.2, 0.25) is 0 Å². The first kappa shape index (κ1) is 11.2. The quantitative estimate of drug-likeness (QED) is 0.503. The first-order valence-electron chi connectivity index (χ1n) is 5.12. The monoisotopic (exact) mass is 198 g/mol. The van der Waals surface area contributed by atoms with Gasteiger partial charge in [0, 0.05) is 5.57 Å². The van der Waals surface area contributed by atoms with Gasteiger partial charge in [-0.3, -0.25) is 0 Å². The molecule has 14 heavy (non-hydrogen) atoms. The molecule has 1 rings (SSSR count). The van der Waals surface area contributed by atoms with Crippen molar-refractivity contribution < 1.29 is 14.3 Å². The predicted octanol–water partition coefficient (Wildman–Crippen LogP) is 2.06. The molecular formula is C11H18O3. The zero-order valence-electron chi connectivity index (χ0n) is 9.13. The molecule has 0 bridgehead atoms. The Hall–Kier alpha value is -0.830. The van der Waals surface area contributed by atoms with Crippen molar-refractivity contribution in [1.29, 1.82) is 0 Å². The van der Waals surface area contributed by atoms with Gasteiger partial charge in [0.15, 0.2) is 0 Å². The Morgan fingerprint density at radius 1 is 1.64 bits per heavy atom. The Morgan fingerprint density at radius 3 is 2.93 bits per heavy atom. The molecule has 1 atom stereocenters. The molecule has 3 nitrogen and oxygen atoms in total. The van der Waals surface area contributed by atoms with Crippen LogP contribution in [0, 0.1) is 0 Å². The minimum atomic E-state index is -0.184. The maximum atomic E-state index is 11.4. The van der Waals surface area contributed by atoms with Gasteiger partial charge in [0.25, 0.3) is 0 Å². The lowest BCUT2D eigenvalue weighted by atomic mass is 9.98. The summed E-state index contributed by atoms with van der Waals surface area (Å²) in [5.74, 6) is -0.184. The second-order valence-corrected chi connectivity index (χ2v) is 3.58. The molecule has 0 amide bonds. The molecule has 0 radical (unpaired) electrons. The minimum absolute atomic E-state index is 0.184. The van der Waals surface area contributed by atoms with Crippen LogP contribution in [-0.4, -0.2) is 25.3 Å². The van der Waals surface area contributed by atoms with E-state index >= 15 is 0 Å². The SMILES string of the molecule is CCOC(=O)C(C)=C1CCOC(C)C1. The van der Waals surface area contributed by atoms with Crippen LogP contribution in [0.3, 0.4) is 0 Å². The third-order valence-electron chi connectivity index (χ3n) is 2.45. The predicted molar refractivity (Wildman–Crippen MR) is 54.0 cm³/mol. The maximum Gasteiger partial charge on any atom is 0.333 e. The molecule has 1 aliphatic rings. The van der Waals surface area contributed by atoms with Gasteiger partial charge in [-0.2, -0.15) is 0 Å². The third-order valence-corrected chi connectivity index (χ3v) is 2.45. The molecule has 0 N–H and O–H groups in total. The summed E-state index contributed by atoms with van der Waals surface area (Å²) in [6, 6.07) is 0. The molecule has 1 fully saturated rings. The fraction of sp³-hybridized carbons (Fsp3) is 0.727. The molecule has 3 heteroatoms. The van der Waals surface area contributed by atoms with Crippen LogP contribution in [0.5, 0.6) is 0 Å². The van der Waals surface area contributed by atoms with Crippen molar-refractivity contribution >= 4 is 5.97 Å². The van der Waals surface area contributed by atoms with Gasteiger partial charge in [-0.05, 0) is 33.6 Å². The number of hydrogen-bond acceptors (Lipinski definition) is 3.